The molecule has 0 aliphatic carbocycles. The fourth-order valence-corrected chi connectivity index (χ4v) is 3.31. The van der Waals surface area contributed by atoms with Gasteiger partial charge in [0.1, 0.15) is 0 Å². The third-order valence-electron chi connectivity index (χ3n) is 4.51. The fourth-order valence-electron chi connectivity index (χ4n) is 3.05. The third-order valence-corrected chi connectivity index (χ3v) is 5.04. The number of aliphatic imine (C=N–C) groups is 1. The van der Waals surface area contributed by atoms with Crippen LogP contribution < -0.4 is 5.56 Å². The zero-order valence-corrected chi connectivity index (χ0v) is 16.8. The molecule has 4 rings (SSSR count). The smallest absolute Gasteiger partial charge is 0.280 e. The van der Waals surface area contributed by atoms with E-state index in [4.69, 9.17) is 0 Å². The van der Waals surface area contributed by atoms with Gasteiger partial charge in [-0.2, -0.15) is 0 Å². The zero-order chi connectivity index (χ0) is 19.5. The lowest BCUT2D eigenvalue weighted by molar-refractivity contribution is 0.845. The van der Waals surface area contributed by atoms with Crippen molar-refractivity contribution in [1.29, 1.82) is 0 Å². The lowest BCUT2D eigenvalue weighted by Gasteiger charge is -2.05. The quantitative estimate of drug-likeness (QED) is 0.416. The molecule has 4 aromatic rings. The van der Waals surface area contributed by atoms with Gasteiger partial charge in [0.05, 0.1) is 22.6 Å². The fraction of sp³-hybridized carbons (Fsp3) is 0.0435. The first-order valence-corrected chi connectivity index (χ1v) is 9.69. The molecule has 0 aliphatic heterocycles. The van der Waals surface area contributed by atoms with Crippen LogP contribution in [0.1, 0.15) is 11.1 Å². The molecule has 138 valence electrons. The summed E-state index contributed by atoms with van der Waals surface area (Å²) in [6.45, 7) is 1.99. The SMILES string of the molecule is Cc1ccccc1-n1[nH]c(-c2ccccc2)c(C=Nc2ccc(Br)cc2)c1=O. The average molecular weight is 432 g/mol. The highest BCUT2D eigenvalue weighted by Gasteiger charge is 2.16. The maximum absolute atomic E-state index is 13.2. The predicted molar refractivity (Wildman–Crippen MR) is 118 cm³/mol. The zero-order valence-electron chi connectivity index (χ0n) is 15.3. The van der Waals surface area contributed by atoms with E-state index in [-0.39, 0.29) is 5.56 Å². The Morgan fingerprint density at radius 1 is 0.929 bits per heavy atom. The molecular weight excluding hydrogens is 414 g/mol. The van der Waals surface area contributed by atoms with Crippen molar-refractivity contribution in [2.24, 2.45) is 4.99 Å². The van der Waals surface area contributed by atoms with Gasteiger partial charge < -0.3 is 0 Å². The van der Waals surface area contributed by atoms with Crippen molar-refractivity contribution < 1.29 is 0 Å². The largest absolute Gasteiger partial charge is 0.290 e. The van der Waals surface area contributed by atoms with E-state index >= 15 is 0 Å². The topological polar surface area (TPSA) is 50.1 Å². The summed E-state index contributed by atoms with van der Waals surface area (Å²) in [5.74, 6) is 0. The van der Waals surface area contributed by atoms with Crippen LogP contribution in [0.15, 0.2) is 93.1 Å². The number of H-pyrrole nitrogens is 1. The number of hydrogen-bond donors (Lipinski definition) is 1. The van der Waals surface area contributed by atoms with Crippen LogP contribution in [0, 0.1) is 6.92 Å². The van der Waals surface area contributed by atoms with Crippen LogP contribution in [-0.4, -0.2) is 16.0 Å². The Bertz CT molecular complexity index is 1190. The number of rotatable bonds is 4. The van der Waals surface area contributed by atoms with E-state index in [0.29, 0.717) is 5.56 Å². The minimum atomic E-state index is -0.131. The molecule has 0 spiro atoms. The summed E-state index contributed by atoms with van der Waals surface area (Å²) in [6.07, 6.45) is 1.64. The summed E-state index contributed by atoms with van der Waals surface area (Å²) in [6, 6.07) is 25.3. The van der Waals surface area contributed by atoms with E-state index in [0.717, 1.165) is 32.7 Å². The molecule has 1 N–H and O–H groups in total. The predicted octanol–water partition coefficient (Wildman–Crippen LogP) is 5.65. The highest BCUT2D eigenvalue weighted by Crippen LogP contribution is 2.22. The number of halogens is 1. The molecular formula is C23H18BrN3O. The number of benzene rings is 3. The van der Waals surface area contributed by atoms with Gasteiger partial charge in [-0.3, -0.25) is 14.9 Å². The Kier molecular flexibility index (Phi) is 5.08. The summed E-state index contributed by atoms with van der Waals surface area (Å²) < 4.78 is 2.57. The first kappa shape index (κ1) is 18.2. The minimum Gasteiger partial charge on any atom is -0.290 e. The number of aromatic nitrogens is 2. The number of aryl methyl sites for hydroxylation is 1. The van der Waals surface area contributed by atoms with Crippen LogP contribution in [0.5, 0.6) is 0 Å². The standard InChI is InChI=1S/C23H18BrN3O/c1-16-7-5-6-10-21(16)27-23(28)20(15-25-19-13-11-18(24)12-14-19)22(26-27)17-8-3-2-4-9-17/h2-15,26H,1H3. The van der Waals surface area contributed by atoms with Gasteiger partial charge in [0.2, 0.25) is 0 Å². The van der Waals surface area contributed by atoms with Crippen LogP contribution in [0.4, 0.5) is 5.69 Å². The first-order valence-electron chi connectivity index (χ1n) is 8.89. The molecule has 0 radical (unpaired) electrons. The van der Waals surface area contributed by atoms with Gasteiger partial charge in [-0.15, -0.1) is 0 Å². The average Bonchev–Trinajstić information content (AvgIpc) is 3.05. The molecule has 0 atom stereocenters. The maximum Gasteiger partial charge on any atom is 0.280 e. The van der Waals surface area contributed by atoms with Gasteiger partial charge in [-0.1, -0.05) is 64.5 Å². The Hall–Kier alpha value is -3.18. The summed E-state index contributed by atoms with van der Waals surface area (Å²) >= 11 is 3.42. The molecule has 5 heteroatoms. The second kappa shape index (κ2) is 7.82. The number of hydrogen-bond acceptors (Lipinski definition) is 2. The second-order valence-electron chi connectivity index (χ2n) is 6.43. The van der Waals surface area contributed by atoms with Crippen molar-refractivity contribution in [2.75, 3.05) is 0 Å². The van der Waals surface area contributed by atoms with Crippen LogP contribution in [0.3, 0.4) is 0 Å². The van der Waals surface area contributed by atoms with E-state index in [1.807, 2.05) is 85.8 Å². The monoisotopic (exact) mass is 431 g/mol. The van der Waals surface area contributed by atoms with E-state index < -0.39 is 0 Å². The molecule has 0 saturated heterocycles. The van der Waals surface area contributed by atoms with Crippen molar-refractivity contribution in [3.8, 4) is 16.9 Å². The van der Waals surface area contributed by atoms with Gasteiger partial charge in [0.15, 0.2) is 0 Å². The second-order valence-corrected chi connectivity index (χ2v) is 7.34. The summed E-state index contributed by atoms with van der Waals surface area (Å²) in [5.41, 5.74) is 4.70. The van der Waals surface area contributed by atoms with Crippen LogP contribution in [0.25, 0.3) is 16.9 Å². The van der Waals surface area contributed by atoms with Crippen LogP contribution in [-0.2, 0) is 0 Å². The molecule has 0 fully saturated rings. The van der Waals surface area contributed by atoms with E-state index in [1.165, 1.54) is 0 Å². The molecule has 28 heavy (non-hydrogen) atoms. The highest BCUT2D eigenvalue weighted by atomic mass is 79.9. The first-order chi connectivity index (χ1) is 13.6. The molecule has 1 aromatic heterocycles. The number of para-hydroxylation sites is 1. The minimum absolute atomic E-state index is 0.131. The number of nitrogens with zero attached hydrogens (tertiary/aromatic N) is 2. The lowest BCUT2D eigenvalue weighted by Crippen LogP contribution is -2.18. The summed E-state index contributed by atoms with van der Waals surface area (Å²) in [7, 11) is 0. The molecule has 0 saturated carbocycles. The Labute approximate surface area is 171 Å². The third kappa shape index (κ3) is 3.62. The summed E-state index contributed by atoms with van der Waals surface area (Å²) in [4.78, 5) is 17.7. The van der Waals surface area contributed by atoms with Gasteiger partial charge in [0.25, 0.3) is 5.56 Å². The molecule has 0 bridgehead atoms. The maximum atomic E-state index is 13.2. The number of aromatic amines is 1. The normalized spacial score (nSPS) is 11.2. The number of nitrogens with one attached hydrogen (secondary N) is 1. The van der Waals surface area contributed by atoms with Crippen LogP contribution >= 0.6 is 15.9 Å². The van der Waals surface area contributed by atoms with Crippen molar-refractivity contribution in [3.63, 3.8) is 0 Å². The van der Waals surface area contributed by atoms with Crippen molar-refractivity contribution in [3.05, 3.63) is 105 Å². The molecule has 0 aliphatic rings. The Balaban J connectivity index is 1.87. The molecule has 3 aromatic carbocycles. The van der Waals surface area contributed by atoms with Crippen molar-refractivity contribution in [2.45, 2.75) is 6.92 Å². The summed E-state index contributed by atoms with van der Waals surface area (Å²) in [5, 5.41) is 3.27. The van der Waals surface area contributed by atoms with Crippen molar-refractivity contribution in [1.82, 2.24) is 9.78 Å². The van der Waals surface area contributed by atoms with Gasteiger partial charge in [-0.05, 0) is 42.8 Å². The van der Waals surface area contributed by atoms with Gasteiger partial charge in [-0.25, -0.2) is 4.68 Å². The Morgan fingerprint density at radius 3 is 2.32 bits per heavy atom. The Morgan fingerprint density at radius 2 is 1.61 bits per heavy atom. The van der Waals surface area contributed by atoms with E-state index in [2.05, 4.69) is 26.0 Å². The molecule has 4 nitrogen and oxygen atoms in total. The molecule has 1 heterocycles. The van der Waals surface area contributed by atoms with E-state index in [1.54, 1.807) is 10.9 Å². The lowest BCUT2D eigenvalue weighted by atomic mass is 10.1. The highest BCUT2D eigenvalue weighted by molar-refractivity contribution is 9.10. The molecule has 0 unspecified atom stereocenters. The van der Waals surface area contributed by atoms with Crippen LogP contribution in [0.2, 0.25) is 0 Å². The van der Waals surface area contributed by atoms with Gasteiger partial charge >= 0.3 is 0 Å². The van der Waals surface area contributed by atoms with E-state index in [9.17, 15) is 4.79 Å². The van der Waals surface area contributed by atoms with Gasteiger partial charge in [0, 0.05) is 16.3 Å². The molecule has 0 amide bonds. The van der Waals surface area contributed by atoms with Crippen molar-refractivity contribution >= 4 is 27.8 Å².